The number of aryl methyl sites for hydroxylation is 2. The third kappa shape index (κ3) is 6.68. The molecule has 5 rings (SSSR count). The minimum Gasteiger partial charge on any atom is -0.358 e. The molecule has 1 saturated heterocycles. The summed E-state index contributed by atoms with van der Waals surface area (Å²) >= 11 is 5.52. The topological polar surface area (TPSA) is 68.7 Å². The van der Waals surface area contributed by atoms with Crippen LogP contribution < -0.4 is 10.6 Å². The predicted molar refractivity (Wildman–Crippen MR) is 149 cm³/mol. The third-order valence-electron chi connectivity index (χ3n) is 6.67. The Kier molecular flexibility index (Phi) is 7.90. The van der Waals surface area contributed by atoms with Crippen molar-refractivity contribution in [3.63, 3.8) is 0 Å². The number of nitrogens with one attached hydrogen (secondary N) is 2. The van der Waals surface area contributed by atoms with Gasteiger partial charge in [-0.3, -0.25) is 10.2 Å². The molecule has 0 spiro atoms. The van der Waals surface area contributed by atoms with Crippen molar-refractivity contribution in [2.75, 3.05) is 31.5 Å². The zero-order chi connectivity index (χ0) is 26.6. The number of guanidine groups is 1. The van der Waals surface area contributed by atoms with Crippen molar-refractivity contribution in [2.24, 2.45) is 4.99 Å². The van der Waals surface area contributed by atoms with Gasteiger partial charge in [0.1, 0.15) is 11.6 Å². The quantitative estimate of drug-likeness (QED) is 0.282. The highest BCUT2D eigenvalue weighted by Crippen LogP contribution is 2.30. The second kappa shape index (κ2) is 11.5. The third-order valence-corrected chi connectivity index (χ3v) is 6.88. The van der Waals surface area contributed by atoms with Crippen molar-refractivity contribution in [3.05, 3.63) is 88.7 Å². The van der Waals surface area contributed by atoms with Gasteiger partial charge in [0.2, 0.25) is 11.9 Å². The zero-order valence-corrected chi connectivity index (χ0v) is 22.3. The summed E-state index contributed by atoms with van der Waals surface area (Å²) < 4.78 is 27.4. The van der Waals surface area contributed by atoms with Crippen LogP contribution in [0.15, 0.2) is 59.6 Å². The largest absolute Gasteiger partial charge is 0.358 e. The SMILES string of the molecule is Cc1cc(C)nc(N/C(=N/C(=S)NC2CC2)N2CCN(C(c3ccc(F)cc3)c3ccc(F)cc3)CC2)n1. The molecule has 7 nitrogen and oxygen atoms in total. The van der Waals surface area contributed by atoms with Gasteiger partial charge in [0.25, 0.3) is 0 Å². The van der Waals surface area contributed by atoms with Crippen LogP contribution in [0.3, 0.4) is 0 Å². The van der Waals surface area contributed by atoms with Crippen LogP contribution in [0.4, 0.5) is 14.7 Å². The lowest BCUT2D eigenvalue weighted by Gasteiger charge is -2.40. The molecule has 1 aliphatic carbocycles. The molecule has 2 N–H and O–H groups in total. The average Bonchev–Trinajstić information content (AvgIpc) is 3.70. The van der Waals surface area contributed by atoms with Gasteiger partial charge in [-0.2, -0.15) is 4.99 Å². The maximum absolute atomic E-state index is 13.7. The second-order valence-electron chi connectivity index (χ2n) is 9.79. The average molecular weight is 536 g/mol. The monoisotopic (exact) mass is 535 g/mol. The van der Waals surface area contributed by atoms with Crippen LogP contribution in [0.2, 0.25) is 0 Å². The smallest absolute Gasteiger partial charge is 0.229 e. The molecule has 10 heteroatoms. The first-order valence-corrected chi connectivity index (χ1v) is 13.2. The summed E-state index contributed by atoms with van der Waals surface area (Å²) in [5.41, 5.74) is 3.64. The summed E-state index contributed by atoms with van der Waals surface area (Å²) in [5.74, 6) is 0.516. The molecular weight excluding hydrogens is 504 g/mol. The number of anilines is 1. The Bertz CT molecular complexity index is 1240. The number of benzene rings is 2. The molecule has 1 aliphatic heterocycles. The summed E-state index contributed by atoms with van der Waals surface area (Å²) in [6, 6.07) is 15.2. The number of aliphatic imine (C=N–C) groups is 1. The molecule has 2 heterocycles. The van der Waals surface area contributed by atoms with Crippen molar-refractivity contribution in [1.29, 1.82) is 0 Å². The van der Waals surface area contributed by atoms with E-state index >= 15 is 0 Å². The highest BCUT2D eigenvalue weighted by Gasteiger charge is 2.29. The summed E-state index contributed by atoms with van der Waals surface area (Å²) in [5, 5.41) is 7.02. The van der Waals surface area contributed by atoms with E-state index in [9.17, 15) is 8.78 Å². The highest BCUT2D eigenvalue weighted by molar-refractivity contribution is 7.80. The fraction of sp³-hybridized carbons (Fsp3) is 0.357. The Hall–Kier alpha value is -3.50. The van der Waals surface area contributed by atoms with E-state index < -0.39 is 0 Å². The van der Waals surface area contributed by atoms with Gasteiger partial charge in [0.05, 0.1) is 6.04 Å². The molecule has 0 radical (unpaired) electrons. The molecule has 0 bridgehead atoms. The fourth-order valence-electron chi connectivity index (χ4n) is 4.69. The molecule has 0 unspecified atom stereocenters. The number of rotatable bonds is 5. The summed E-state index contributed by atoms with van der Waals surface area (Å²) in [4.78, 5) is 18.2. The van der Waals surface area contributed by atoms with Gasteiger partial charge in [0, 0.05) is 43.6 Å². The molecule has 1 saturated carbocycles. The first kappa shape index (κ1) is 26.1. The Morgan fingerprint density at radius 2 is 1.42 bits per heavy atom. The Balaban J connectivity index is 1.36. The Labute approximate surface area is 227 Å². The van der Waals surface area contributed by atoms with Crippen LogP contribution in [0.5, 0.6) is 0 Å². The van der Waals surface area contributed by atoms with Crippen molar-refractivity contribution in [2.45, 2.75) is 38.8 Å². The standard InChI is InChI=1S/C28H31F2N7S/c1-18-17-19(2)32-26(31-18)34-27(35-28(38)33-24-11-12-24)37-15-13-36(14-16-37)25(20-3-7-22(29)8-4-20)21-5-9-23(30)10-6-21/h3-10,17,24-25H,11-16H2,1-2H3,(H2,31,32,33,34,35,38). The van der Waals surface area contributed by atoms with Crippen molar-refractivity contribution < 1.29 is 8.78 Å². The Morgan fingerprint density at radius 1 is 0.895 bits per heavy atom. The molecule has 1 aromatic heterocycles. The zero-order valence-electron chi connectivity index (χ0n) is 21.5. The maximum Gasteiger partial charge on any atom is 0.229 e. The molecule has 2 fully saturated rings. The number of nitrogens with zero attached hydrogens (tertiary/aromatic N) is 5. The minimum atomic E-state index is -0.285. The fourth-order valence-corrected chi connectivity index (χ4v) is 4.94. The van der Waals surface area contributed by atoms with Gasteiger partial charge in [-0.1, -0.05) is 24.3 Å². The van der Waals surface area contributed by atoms with Crippen LogP contribution in [0.1, 0.15) is 41.4 Å². The normalized spacial score (nSPS) is 16.6. The van der Waals surface area contributed by atoms with Gasteiger partial charge >= 0.3 is 0 Å². The molecule has 2 aromatic carbocycles. The molecule has 3 aromatic rings. The minimum absolute atomic E-state index is 0.132. The van der Waals surface area contributed by atoms with Gasteiger partial charge in [-0.15, -0.1) is 0 Å². The van der Waals surface area contributed by atoms with Crippen LogP contribution in [0, 0.1) is 25.5 Å². The highest BCUT2D eigenvalue weighted by atomic mass is 32.1. The van der Waals surface area contributed by atoms with E-state index in [4.69, 9.17) is 17.2 Å². The predicted octanol–water partition coefficient (Wildman–Crippen LogP) is 4.58. The molecule has 2 aliphatic rings. The number of hydrogen-bond donors (Lipinski definition) is 2. The Morgan fingerprint density at radius 3 is 1.92 bits per heavy atom. The van der Waals surface area contributed by atoms with Crippen molar-refractivity contribution in [3.8, 4) is 0 Å². The summed E-state index contributed by atoms with van der Waals surface area (Å²) in [7, 11) is 0. The van der Waals surface area contributed by atoms with Crippen molar-refractivity contribution in [1.82, 2.24) is 25.1 Å². The summed E-state index contributed by atoms with van der Waals surface area (Å²) in [6.07, 6.45) is 2.21. The maximum atomic E-state index is 13.7. The molecular formula is C28H31F2N7S. The van der Waals surface area contributed by atoms with Gasteiger partial charge in [-0.05, 0) is 80.4 Å². The number of piperazine rings is 1. The lowest BCUT2D eigenvalue weighted by Crippen LogP contribution is -2.52. The molecule has 38 heavy (non-hydrogen) atoms. The number of hydrogen-bond acceptors (Lipinski definition) is 4. The van der Waals surface area contributed by atoms with Crippen LogP contribution in [0.25, 0.3) is 0 Å². The lowest BCUT2D eigenvalue weighted by molar-refractivity contribution is 0.150. The number of aromatic nitrogens is 2. The summed E-state index contributed by atoms with van der Waals surface area (Å²) in [6.45, 7) is 6.61. The molecule has 198 valence electrons. The van der Waals surface area contributed by atoms with E-state index in [0.29, 0.717) is 49.2 Å². The van der Waals surface area contributed by atoms with Crippen molar-refractivity contribution >= 4 is 29.2 Å². The van der Waals surface area contributed by atoms with E-state index in [2.05, 4.69) is 30.4 Å². The van der Waals surface area contributed by atoms with Crippen LogP contribution in [-0.2, 0) is 0 Å². The van der Waals surface area contributed by atoms with E-state index in [1.54, 1.807) is 24.3 Å². The molecule has 0 amide bonds. The van der Waals surface area contributed by atoms with E-state index in [1.165, 1.54) is 24.3 Å². The van der Waals surface area contributed by atoms with Gasteiger partial charge in [0.15, 0.2) is 5.11 Å². The van der Waals surface area contributed by atoms with E-state index in [0.717, 1.165) is 35.4 Å². The number of halogens is 2. The first-order valence-electron chi connectivity index (χ1n) is 12.8. The first-order chi connectivity index (χ1) is 18.3. The van der Waals surface area contributed by atoms with Gasteiger partial charge < -0.3 is 10.2 Å². The van der Waals surface area contributed by atoms with E-state index in [1.807, 2.05) is 19.9 Å². The lowest BCUT2D eigenvalue weighted by atomic mass is 9.96. The second-order valence-corrected chi connectivity index (χ2v) is 10.2. The number of thiocarbonyl (C=S) groups is 1. The van der Waals surface area contributed by atoms with Crippen LogP contribution in [-0.4, -0.2) is 63.1 Å². The van der Waals surface area contributed by atoms with E-state index in [-0.39, 0.29) is 17.7 Å². The van der Waals surface area contributed by atoms with Crippen LogP contribution >= 0.6 is 12.2 Å². The molecule has 0 atom stereocenters. The van der Waals surface area contributed by atoms with Gasteiger partial charge in [-0.25, -0.2) is 18.7 Å².